The molecule has 6 heteroatoms. The van der Waals surface area contributed by atoms with E-state index in [1.165, 1.54) is 7.11 Å². The quantitative estimate of drug-likeness (QED) is 0.652. The molecule has 2 rings (SSSR count). The lowest BCUT2D eigenvalue weighted by Gasteiger charge is -2.44. The van der Waals surface area contributed by atoms with Crippen LogP contribution in [0.3, 0.4) is 0 Å². The molecule has 16 heavy (non-hydrogen) atoms. The van der Waals surface area contributed by atoms with E-state index in [4.69, 9.17) is 23.7 Å². The summed E-state index contributed by atoms with van der Waals surface area (Å²) < 4.78 is 26.2. The molecule has 92 valence electrons. The Kier molecular flexibility index (Phi) is 2.81. The second kappa shape index (κ2) is 3.87. The minimum Gasteiger partial charge on any atom is -0.424 e. The van der Waals surface area contributed by atoms with Crippen LogP contribution in [-0.2, 0) is 23.7 Å². The summed E-state index contributed by atoms with van der Waals surface area (Å²) >= 11 is 0. The van der Waals surface area contributed by atoms with E-state index in [0.717, 1.165) is 0 Å². The van der Waals surface area contributed by atoms with Gasteiger partial charge in [0.05, 0.1) is 5.60 Å². The summed E-state index contributed by atoms with van der Waals surface area (Å²) in [4.78, 5) is 11.1. The van der Waals surface area contributed by atoms with Gasteiger partial charge < -0.3 is 23.7 Å². The Morgan fingerprint density at radius 3 is 2.31 bits per heavy atom. The van der Waals surface area contributed by atoms with Gasteiger partial charge in [0.1, 0.15) is 6.10 Å². The van der Waals surface area contributed by atoms with E-state index in [0.29, 0.717) is 0 Å². The van der Waals surface area contributed by atoms with Gasteiger partial charge >= 0.3 is 6.16 Å². The number of carbonyl (C=O) groups excluding carboxylic acids is 1. The molecule has 0 aliphatic carbocycles. The molecule has 2 aliphatic heterocycles. The van der Waals surface area contributed by atoms with Crippen LogP contribution in [0.4, 0.5) is 4.79 Å². The summed E-state index contributed by atoms with van der Waals surface area (Å²) in [7, 11) is 3.04. The first-order valence-corrected chi connectivity index (χ1v) is 5.10. The average molecular weight is 232 g/mol. The van der Waals surface area contributed by atoms with Crippen LogP contribution in [0, 0.1) is 0 Å². The van der Waals surface area contributed by atoms with Crippen molar-refractivity contribution in [2.24, 2.45) is 0 Å². The van der Waals surface area contributed by atoms with Gasteiger partial charge in [-0.2, -0.15) is 0 Å². The van der Waals surface area contributed by atoms with Crippen molar-refractivity contribution in [1.29, 1.82) is 0 Å². The van der Waals surface area contributed by atoms with Gasteiger partial charge in [-0.3, -0.25) is 0 Å². The highest BCUT2D eigenvalue weighted by molar-refractivity contribution is 5.63. The third-order valence-corrected chi connectivity index (χ3v) is 2.95. The van der Waals surface area contributed by atoms with Crippen molar-refractivity contribution in [3.8, 4) is 0 Å². The summed E-state index contributed by atoms with van der Waals surface area (Å²) in [6.07, 6.45) is -2.78. The molecule has 0 spiro atoms. The third-order valence-electron chi connectivity index (χ3n) is 2.95. The van der Waals surface area contributed by atoms with Crippen LogP contribution in [0.1, 0.15) is 13.8 Å². The van der Waals surface area contributed by atoms with Crippen LogP contribution in [0.25, 0.3) is 0 Å². The van der Waals surface area contributed by atoms with Gasteiger partial charge in [-0.15, -0.1) is 0 Å². The largest absolute Gasteiger partial charge is 0.509 e. The van der Waals surface area contributed by atoms with Crippen LogP contribution in [0.2, 0.25) is 0 Å². The second-order valence-electron chi connectivity index (χ2n) is 4.40. The van der Waals surface area contributed by atoms with E-state index in [-0.39, 0.29) is 6.10 Å². The number of methoxy groups -OCH3 is 2. The first-order chi connectivity index (χ1) is 7.49. The SMILES string of the molecule is COC1OC(C)(C)[C@H](OC)[C@H]2OC(=O)O[C@H]12. The zero-order valence-electron chi connectivity index (χ0n) is 9.76. The van der Waals surface area contributed by atoms with Crippen molar-refractivity contribution < 1.29 is 28.5 Å². The van der Waals surface area contributed by atoms with Crippen LogP contribution in [-0.4, -0.2) is 50.6 Å². The van der Waals surface area contributed by atoms with Crippen molar-refractivity contribution in [2.45, 2.75) is 44.1 Å². The molecule has 0 bridgehead atoms. The molecule has 0 N–H and O–H groups in total. The first-order valence-electron chi connectivity index (χ1n) is 5.10. The maximum atomic E-state index is 11.1. The van der Waals surface area contributed by atoms with Crippen LogP contribution in [0.5, 0.6) is 0 Å². The molecule has 1 unspecified atom stereocenters. The highest BCUT2D eigenvalue weighted by atomic mass is 16.8. The van der Waals surface area contributed by atoms with Gasteiger partial charge in [0, 0.05) is 14.2 Å². The molecule has 0 saturated carbocycles. The molecule has 2 heterocycles. The number of ether oxygens (including phenoxy) is 5. The predicted octanol–water partition coefficient (Wildman–Crippen LogP) is 0.687. The summed E-state index contributed by atoms with van der Waals surface area (Å²) in [6.45, 7) is 3.71. The number of rotatable bonds is 2. The molecule has 0 radical (unpaired) electrons. The van der Waals surface area contributed by atoms with E-state index < -0.39 is 30.3 Å². The Morgan fingerprint density at radius 2 is 1.75 bits per heavy atom. The normalized spacial score (nSPS) is 41.1. The molecule has 6 nitrogen and oxygen atoms in total. The Hall–Kier alpha value is -0.850. The van der Waals surface area contributed by atoms with Gasteiger partial charge in [0.15, 0.2) is 18.5 Å². The topological polar surface area (TPSA) is 63.2 Å². The van der Waals surface area contributed by atoms with E-state index in [1.54, 1.807) is 7.11 Å². The fourth-order valence-electron chi connectivity index (χ4n) is 2.26. The Bertz CT molecular complexity index is 289. The molecule has 0 amide bonds. The lowest BCUT2D eigenvalue weighted by Crippen LogP contribution is -2.61. The molecule has 2 saturated heterocycles. The molecule has 2 fully saturated rings. The van der Waals surface area contributed by atoms with E-state index in [1.807, 2.05) is 13.8 Å². The van der Waals surface area contributed by atoms with E-state index in [2.05, 4.69) is 0 Å². The van der Waals surface area contributed by atoms with Crippen LogP contribution in [0.15, 0.2) is 0 Å². The van der Waals surface area contributed by atoms with E-state index >= 15 is 0 Å². The fourth-order valence-corrected chi connectivity index (χ4v) is 2.26. The lowest BCUT2D eigenvalue weighted by atomic mass is 9.90. The van der Waals surface area contributed by atoms with E-state index in [9.17, 15) is 4.79 Å². The average Bonchev–Trinajstić information content (AvgIpc) is 2.57. The number of hydrogen-bond donors (Lipinski definition) is 0. The monoisotopic (exact) mass is 232 g/mol. The third kappa shape index (κ3) is 1.66. The number of hydrogen-bond acceptors (Lipinski definition) is 6. The van der Waals surface area contributed by atoms with Gasteiger partial charge in [-0.25, -0.2) is 4.79 Å². The molecular formula is C10H16O6. The predicted molar refractivity (Wildman–Crippen MR) is 51.9 cm³/mol. The Labute approximate surface area is 93.7 Å². The molecule has 2 aliphatic rings. The maximum Gasteiger partial charge on any atom is 0.509 e. The van der Waals surface area contributed by atoms with Crippen molar-refractivity contribution in [3.63, 3.8) is 0 Å². The van der Waals surface area contributed by atoms with Gasteiger partial charge in [-0.1, -0.05) is 0 Å². The highest BCUT2D eigenvalue weighted by Crippen LogP contribution is 2.37. The van der Waals surface area contributed by atoms with Crippen molar-refractivity contribution in [3.05, 3.63) is 0 Å². The van der Waals surface area contributed by atoms with Crippen molar-refractivity contribution in [2.75, 3.05) is 14.2 Å². The molecule has 0 aromatic heterocycles. The van der Waals surface area contributed by atoms with Crippen molar-refractivity contribution >= 4 is 6.16 Å². The number of fused-ring (bicyclic) bond motifs is 1. The highest BCUT2D eigenvalue weighted by Gasteiger charge is 2.58. The van der Waals surface area contributed by atoms with Gasteiger partial charge in [0.2, 0.25) is 0 Å². The standard InChI is InChI=1S/C10H16O6/c1-10(2)7(12-3)5-6(8(13-4)16-10)15-9(11)14-5/h5-8H,1-4H3/t5-,6-,7+,8?/m0/s1. The minimum atomic E-state index is -0.708. The number of carbonyl (C=O) groups is 1. The molecule has 4 atom stereocenters. The fraction of sp³-hybridized carbons (Fsp3) is 0.900. The summed E-state index contributed by atoms with van der Waals surface area (Å²) in [5.41, 5.74) is -0.607. The first kappa shape index (κ1) is 11.6. The Balaban J connectivity index is 2.26. The smallest absolute Gasteiger partial charge is 0.424 e. The summed E-state index contributed by atoms with van der Waals surface area (Å²) in [6, 6.07) is 0. The van der Waals surface area contributed by atoms with Crippen LogP contribution < -0.4 is 0 Å². The minimum absolute atomic E-state index is 0.379. The van der Waals surface area contributed by atoms with Gasteiger partial charge in [-0.05, 0) is 13.8 Å². The molecular weight excluding hydrogens is 216 g/mol. The zero-order valence-corrected chi connectivity index (χ0v) is 9.76. The maximum absolute atomic E-state index is 11.1. The van der Waals surface area contributed by atoms with Crippen LogP contribution >= 0.6 is 0 Å². The summed E-state index contributed by atoms with van der Waals surface area (Å²) in [5, 5.41) is 0. The summed E-state index contributed by atoms with van der Waals surface area (Å²) in [5.74, 6) is 0. The van der Waals surface area contributed by atoms with Crippen molar-refractivity contribution in [1.82, 2.24) is 0 Å². The molecule has 0 aromatic rings. The van der Waals surface area contributed by atoms with Gasteiger partial charge in [0.25, 0.3) is 0 Å². The lowest BCUT2D eigenvalue weighted by molar-refractivity contribution is -0.299. The zero-order chi connectivity index (χ0) is 11.9. The Morgan fingerprint density at radius 1 is 1.12 bits per heavy atom. The second-order valence-corrected chi connectivity index (χ2v) is 4.40. The molecule has 0 aromatic carbocycles.